The Morgan fingerprint density at radius 3 is 2.07 bits per heavy atom. The van der Waals surface area contributed by atoms with Gasteiger partial charge in [-0.3, -0.25) is 4.79 Å². The molecule has 3 rings (SSSR count). The van der Waals surface area contributed by atoms with Gasteiger partial charge in [-0.2, -0.15) is 0 Å². The van der Waals surface area contributed by atoms with E-state index in [1.54, 1.807) is 0 Å². The molecule has 0 saturated carbocycles. The van der Waals surface area contributed by atoms with Crippen molar-refractivity contribution in [2.45, 2.75) is 26.7 Å². The van der Waals surface area contributed by atoms with Crippen molar-refractivity contribution >= 4 is 23.1 Å². The molecular formula is C21H27FN4O. The number of carbonyl (C=O) groups excluding carboxylic acids is 1. The normalized spacial score (nSPS) is 14.5. The average Bonchev–Trinajstić information content (AvgIpc) is 2.70. The Balaban J connectivity index is 1.55. The zero-order valence-corrected chi connectivity index (χ0v) is 16.0. The second-order valence-corrected chi connectivity index (χ2v) is 6.85. The van der Waals surface area contributed by atoms with E-state index < -0.39 is 0 Å². The Hall–Kier alpha value is -2.63. The van der Waals surface area contributed by atoms with E-state index in [1.165, 1.54) is 12.1 Å². The number of carbonyl (C=O) groups is 1. The van der Waals surface area contributed by atoms with Crippen molar-refractivity contribution in [2.24, 2.45) is 5.92 Å². The predicted octanol–water partition coefficient (Wildman–Crippen LogP) is 3.92. The van der Waals surface area contributed by atoms with E-state index in [-0.39, 0.29) is 17.6 Å². The van der Waals surface area contributed by atoms with Gasteiger partial charge < -0.3 is 15.1 Å². The van der Waals surface area contributed by atoms with E-state index in [4.69, 9.17) is 0 Å². The largest absolute Gasteiger partial charge is 0.368 e. The van der Waals surface area contributed by atoms with Crippen LogP contribution in [-0.4, -0.2) is 37.1 Å². The summed E-state index contributed by atoms with van der Waals surface area (Å²) in [4.78, 5) is 21.1. The van der Waals surface area contributed by atoms with Gasteiger partial charge in [-0.15, -0.1) is 0 Å². The number of hydrogen-bond acceptors (Lipinski definition) is 4. The SMILES string of the molecule is CCC(CC)C(=O)Nc1ccc(N2CCN(c3ccc(F)cc3)CC2)cn1. The van der Waals surface area contributed by atoms with Crippen LogP contribution in [0.3, 0.4) is 0 Å². The van der Waals surface area contributed by atoms with Crippen LogP contribution in [0, 0.1) is 11.7 Å². The molecule has 0 bridgehead atoms. The van der Waals surface area contributed by atoms with Gasteiger partial charge in [0.05, 0.1) is 11.9 Å². The number of nitrogens with zero attached hydrogens (tertiary/aromatic N) is 3. The first-order valence-electron chi connectivity index (χ1n) is 9.63. The van der Waals surface area contributed by atoms with Crippen LogP contribution < -0.4 is 15.1 Å². The number of anilines is 3. The van der Waals surface area contributed by atoms with Crippen LogP contribution in [-0.2, 0) is 4.79 Å². The lowest BCUT2D eigenvalue weighted by atomic mass is 10.0. The van der Waals surface area contributed by atoms with Gasteiger partial charge >= 0.3 is 0 Å². The van der Waals surface area contributed by atoms with Crippen molar-refractivity contribution in [3.05, 3.63) is 48.4 Å². The van der Waals surface area contributed by atoms with Crippen molar-refractivity contribution in [2.75, 3.05) is 41.3 Å². The molecule has 0 radical (unpaired) electrons. The van der Waals surface area contributed by atoms with E-state index in [9.17, 15) is 9.18 Å². The maximum Gasteiger partial charge on any atom is 0.228 e. The molecule has 1 saturated heterocycles. The average molecular weight is 370 g/mol. The summed E-state index contributed by atoms with van der Waals surface area (Å²) in [7, 11) is 0. The molecule has 1 fully saturated rings. The molecule has 1 aliphatic heterocycles. The minimum atomic E-state index is -0.208. The number of rotatable bonds is 6. The molecule has 1 N–H and O–H groups in total. The lowest BCUT2D eigenvalue weighted by Crippen LogP contribution is -2.46. The number of piperazine rings is 1. The molecule has 6 heteroatoms. The highest BCUT2D eigenvalue weighted by Gasteiger charge is 2.18. The number of nitrogens with one attached hydrogen (secondary N) is 1. The standard InChI is InChI=1S/C21H27FN4O/c1-3-16(4-2)21(27)24-20-10-9-19(15-23-20)26-13-11-25(12-14-26)18-7-5-17(22)6-8-18/h5-10,15-16H,3-4,11-14H2,1-2H3,(H,23,24,27). The van der Waals surface area contributed by atoms with Crippen molar-refractivity contribution in [1.29, 1.82) is 0 Å². The summed E-state index contributed by atoms with van der Waals surface area (Å²) in [6.07, 6.45) is 3.48. The summed E-state index contributed by atoms with van der Waals surface area (Å²) in [6, 6.07) is 10.5. The number of amides is 1. The van der Waals surface area contributed by atoms with E-state index in [0.717, 1.165) is 50.4 Å². The second-order valence-electron chi connectivity index (χ2n) is 6.85. The van der Waals surface area contributed by atoms with Crippen LogP contribution >= 0.6 is 0 Å². The van der Waals surface area contributed by atoms with Crippen LogP contribution in [0.15, 0.2) is 42.6 Å². The first kappa shape index (κ1) is 19.1. The van der Waals surface area contributed by atoms with Crippen LogP contribution in [0.2, 0.25) is 0 Å². The number of aromatic nitrogens is 1. The third-order valence-corrected chi connectivity index (χ3v) is 5.19. The molecule has 1 aliphatic rings. The van der Waals surface area contributed by atoms with Gasteiger partial charge in [0.1, 0.15) is 11.6 Å². The van der Waals surface area contributed by atoms with Gasteiger partial charge in [-0.1, -0.05) is 13.8 Å². The fourth-order valence-electron chi connectivity index (χ4n) is 3.41. The fraction of sp³-hybridized carbons (Fsp3) is 0.429. The summed E-state index contributed by atoms with van der Waals surface area (Å²) in [5.41, 5.74) is 2.10. The summed E-state index contributed by atoms with van der Waals surface area (Å²) in [5, 5.41) is 2.90. The van der Waals surface area contributed by atoms with Gasteiger partial charge in [-0.25, -0.2) is 9.37 Å². The van der Waals surface area contributed by atoms with Crippen LogP contribution in [0.25, 0.3) is 0 Å². The summed E-state index contributed by atoms with van der Waals surface area (Å²) in [5.74, 6) is 0.458. The smallest absolute Gasteiger partial charge is 0.228 e. The number of hydrogen-bond donors (Lipinski definition) is 1. The zero-order chi connectivity index (χ0) is 19.2. The third-order valence-electron chi connectivity index (χ3n) is 5.19. The maximum absolute atomic E-state index is 13.1. The molecule has 5 nitrogen and oxygen atoms in total. The maximum atomic E-state index is 13.1. The topological polar surface area (TPSA) is 48.5 Å². The predicted molar refractivity (Wildman–Crippen MR) is 108 cm³/mol. The van der Waals surface area contributed by atoms with E-state index in [0.29, 0.717) is 5.82 Å². The zero-order valence-electron chi connectivity index (χ0n) is 16.0. The fourth-order valence-corrected chi connectivity index (χ4v) is 3.41. The highest BCUT2D eigenvalue weighted by molar-refractivity contribution is 5.91. The molecule has 27 heavy (non-hydrogen) atoms. The number of halogens is 1. The molecule has 2 aromatic rings. The van der Waals surface area contributed by atoms with Gasteiger partial charge in [-0.05, 0) is 49.2 Å². The van der Waals surface area contributed by atoms with Crippen molar-refractivity contribution in [1.82, 2.24) is 4.98 Å². The highest BCUT2D eigenvalue weighted by atomic mass is 19.1. The molecule has 0 aliphatic carbocycles. The van der Waals surface area contributed by atoms with Crippen molar-refractivity contribution in [3.63, 3.8) is 0 Å². The minimum absolute atomic E-state index is 0.0333. The Morgan fingerprint density at radius 1 is 1.00 bits per heavy atom. The Labute approximate surface area is 160 Å². The van der Waals surface area contributed by atoms with E-state index >= 15 is 0 Å². The molecule has 0 atom stereocenters. The number of benzene rings is 1. The third kappa shape index (κ3) is 4.76. The minimum Gasteiger partial charge on any atom is -0.368 e. The summed E-state index contributed by atoms with van der Waals surface area (Å²) < 4.78 is 13.1. The molecule has 2 heterocycles. The first-order chi connectivity index (χ1) is 13.1. The van der Waals surface area contributed by atoms with Crippen molar-refractivity contribution < 1.29 is 9.18 Å². The van der Waals surface area contributed by atoms with Crippen molar-refractivity contribution in [3.8, 4) is 0 Å². The Kier molecular flexibility index (Phi) is 6.27. The lowest BCUT2D eigenvalue weighted by Gasteiger charge is -2.37. The van der Waals surface area contributed by atoms with Crippen LogP contribution in [0.1, 0.15) is 26.7 Å². The van der Waals surface area contributed by atoms with E-state index in [1.807, 2.05) is 44.3 Å². The van der Waals surface area contributed by atoms with E-state index in [2.05, 4.69) is 20.1 Å². The second kappa shape index (κ2) is 8.84. The molecule has 1 amide bonds. The highest BCUT2D eigenvalue weighted by Crippen LogP contribution is 2.21. The molecule has 1 aromatic carbocycles. The lowest BCUT2D eigenvalue weighted by molar-refractivity contribution is -0.120. The van der Waals surface area contributed by atoms with Crippen LogP contribution in [0.4, 0.5) is 21.6 Å². The number of pyridine rings is 1. The van der Waals surface area contributed by atoms with Crippen LogP contribution in [0.5, 0.6) is 0 Å². The van der Waals surface area contributed by atoms with Gasteiger partial charge in [0.15, 0.2) is 0 Å². The Morgan fingerprint density at radius 2 is 1.56 bits per heavy atom. The molecular weight excluding hydrogens is 343 g/mol. The Bertz CT molecular complexity index is 736. The molecule has 0 spiro atoms. The quantitative estimate of drug-likeness (QED) is 0.837. The molecule has 0 unspecified atom stereocenters. The van der Waals surface area contributed by atoms with Gasteiger partial charge in [0.2, 0.25) is 5.91 Å². The molecule has 1 aromatic heterocycles. The van der Waals surface area contributed by atoms with Gasteiger partial charge in [0.25, 0.3) is 0 Å². The molecule has 144 valence electrons. The first-order valence-corrected chi connectivity index (χ1v) is 9.63. The summed E-state index contributed by atoms with van der Waals surface area (Å²) >= 11 is 0. The monoisotopic (exact) mass is 370 g/mol. The van der Waals surface area contributed by atoms with Gasteiger partial charge in [0, 0.05) is 37.8 Å². The summed E-state index contributed by atoms with van der Waals surface area (Å²) in [6.45, 7) is 7.54.